The molecule has 0 fully saturated rings. The third-order valence-electron chi connectivity index (χ3n) is 3.13. The van der Waals surface area contributed by atoms with E-state index < -0.39 is 0 Å². The molecular formula is C14H25N5. The van der Waals surface area contributed by atoms with Crippen LogP contribution in [0.4, 0.5) is 11.8 Å². The van der Waals surface area contributed by atoms with Crippen LogP contribution in [0.15, 0.2) is 6.20 Å². The number of aryl methyl sites for hydroxylation is 1. The van der Waals surface area contributed by atoms with Crippen LogP contribution in [0.3, 0.4) is 0 Å². The Morgan fingerprint density at radius 1 is 1.42 bits per heavy atom. The van der Waals surface area contributed by atoms with Crippen LogP contribution in [0.5, 0.6) is 0 Å². The third-order valence-corrected chi connectivity index (χ3v) is 3.13. The monoisotopic (exact) mass is 263 g/mol. The summed E-state index contributed by atoms with van der Waals surface area (Å²) in [6, 6.07) is 0. The van der Waals surface area contributed by atoms with Gasteiger partial charge >= 0.3 is 0 Å². The van der Waals surface area contributed by atoms with Crippen molar-refractivity contribution in [2.24, 2.45) is 5.92 Å². The number of anilines is 2. The van der Waals surface area contributed by atoms with Gasteiger partial charge in [-0.3, -0.25) is 0 Å². The van der Waals surface area contributed by atoms with Crippen molar-refractivity contribution in [3.63, 3.8) is 0 Å². The molecule has 0 aliphatic heterocycles. The minimum absolute atomic E-state index is 0.307. The van der Waals surface area contributed by atoms with Crippen molar-refractivity contribution >= 4 is 17.5 Å². The van der Waals surface area contributed by atoms with E-state index >= 15 is 0 Å². The summed E-state index contributed by atoms with van der Waals surface area (Å²) in [5.41, 5.74) is 7.52. The maximum Gasteiger partial charge on any atom is 0.221 e. The lowest BCUT2D eigenvalue weighted by Crippen LogP contribution is -2.10. The van der Waals surface area contributed by atoms with Gasteiger partial charge in [-0.2, -0.15) is 4.98 Å². The van der Waals surface area contributed by atoms with Gasteiger partial charge in [-0.25, -0.2) is 4.98 Å². The predicted molar refractivity (Wildman–Crippen MR) is 80.7 cm³/mol. The lowest BCUT2D eigenvalue weighted by atomic mass is 10.0. The summed E-state index contributed by atoms with van der Waals surface area (Å²) in [7, 11) is 0. The molecule has 4 N–H and O–H groups in total. The minimum Gasteiger partial charge on any atom is -0.370 e. The number of unbranched alkanes of at least 4 members (excludes halogenated alkanes) is 1. The molecule has 0 aliphatic carbocycles. The van der Waals surface area contributed by atoms with Crippen LogP contribution < -0.4 is 11.1 Å². The molecule has 0 bridgehead atoms. The van der Waals surface area contributed by atoms with E-state index in [0.717, 1.165) is 49.3 Å². The Labute approximate surface area is 115 Å². The smallest absolute Gasteiger partial charge is 0.221 e. The topological polar surface area (TPSA) is 87.7 Å². The number of nitrogen functional groups attached to an aromatic ring is 1. The van der Waals surface area contributed by atoms with E-state index in [1.165, 1.54) is 0 Å². The summed E-state index contributed by atoms with van der Waals surface area (Å²) in [6.45, 7) is 7.06. The molecular weight excluding hydrogens is 238 g/mol. The highest BCUT2D eigenvalue weighted by Gasteiger charge is 2.04. The van der Waals surface area contributed by atoms with E-state index in [1.54, 1.807) is 6.20 Å². The number of nitrogens with two attached hydrogens (primary N) is 1. The van der Waals surface area contributed by atoms with Crippen molar-refractivity contribution in [3.8, 4) is 0 Å². The lowest BCUT2D eigenvalue weighted by molar-refractivity contribution is 0.751. The molecule has 106 valence electrons. The first-order valence-corrected chi connectivity index (χ1v) is 6.97. The van der Waals surface area contributed by atoms with Crippen LogP contribution in [0.2, 0.25) is 0 Å². The Balaban J connectivity index is 2.33. The van der Waals surface area contributed by atoms with E-state index in [9.17, 15) is 0 Å². The van der Waals surface area contributed by atoms with Gasteiger partial charge in [0.15, 0.2) is 0 Å². The molecule has 0 aromatic carbocycles. The van der Waals surface area contributed by atoms with Crippen LogP contribution in [0.25, 0.3) is 0 Å². The number of hydrogen-bond donors (Lipinski definition) is 3. The number of aromatic nitrogens is 2. The fourth-order valence-corrected chi connectivity index (χ4v) is 1.77. The molecule has 0 atom stereocenters. The molecule has 0 saturated carbocycles. The number of nitrogens with zero attached hydrogens (tertiary/aromatic N) is 2. The Morgan fingerprint density at radius 2 is 2.16 bits per heavy atom. The number of hydrogen-bond acceptors (Lipinski definition) is 5. The first kappa shape index (κ1) is 15.4. The van der Waals surface area contributed by atoms with E-state index in [2.05, 4.69) is 36.1 Å². The maximum atomic E-state index is 7.78. The van der Waals surface area contributed by atoms with Crippen molar-refractivity contribution in [2.45, 2.75) is 46.5 Å². The van der Waals surface area contributed by atoms with E-state index in [0.29, 0.717) is 11.9 Å². The minimum atomic E-state index is 0.307. The van der Waals surface area contributed by atoms with Crippen LogP contribution in [0.1, 0.15) is 45.6 Å². The fraction of sp³-hybridized carbons (Fsp3) is 0.643. The molecule has 0 saturated heterocycles. The Kier molecular flexibility index (Phi) is 6.25. The Bertz CT molecular complexity index is 414. The van der Waals surface area contributed by atoms with Gasteiger partial charge < -0.3 is 16.5 Å². The van der Waals surface area contributed by atoms with Crippen LogP contribution in [-0.2, 0) is 6.42 Å². The van der Waals surface area contributed by atoms with Gasteiger partial charge in [-0.1, -0.05) is 20.8 Å². The largest absolute Gasteiger partial charge is 0.370 e. The van der Waals surface area contributed by atoms with Crippen molar-refractivity contribution in [2.75, 3.05) is 17.6 Å². The molecule has 0 spiro atoms. The molecule has 1 rings (SSSR count). The normalized spacial score (nSPS) is 10.7. The van der Waals surface area contributed by atoms with Gasteiger partial charge in [0, 0.05) is 24.0 Å². The molecule has 1 aromatic rings. The van der Waals surface area contributed by atoms with E-state index in [-0.39, 0.29) is 0 Å². The highest BCUT2D eigenvalue weighted by molar-refractivity contribution is 5.83. The van der Waals surface area contributed by atoms with Gasteiger partial charge in [-0.05, 0) is 31.6 Å². The molecule has 1 heterocycles. The van der Waals surface area contributed by atoms with Crippen LogP contribution >= 0.6 is 0 Å². The van der Waals surface area contributed by atoms with Gasteiger partial charge in [0.25, 0.3) is 0 Å². The Hall–Kier alpha value is -1.65. The second-order valence-electron chi connectivity index (χ2n) is 5.02. The zero-order valence-electron chi connectivity index (χ0n) is 12.2. The van der Waals surface area contributed by atoms with Gasteiger partial charge in [0.1, 0.15) is 5.82 Å². The highest BCUT2D eigenvalue weighted by Crippen LogP contribution is 2.13. The zero-order chi connectivity index (χ0) is 14.3. The maximum absolute atomic E-state index is 7.78. The SMILES string of the molecule is CCc1cnc(N)nc1NCCCCC(=N)C(C)C. The van der Waals surface area contributed by atoms with Crippen molar-refractivity contribution in [1.82, 2.24) is 9.97 Å². The van der Waals surface area contributed by atoms with E-state index in [4.69, 9.17) is 11.1 Å². The first-order valence-electron chi connectivity index (χ1n) is 6.97. The average Bonchev–Trinajstić information content (AvgIpc) is 2.38. The number of rotatable bonds is 8. The molecule has 0 radical (unpaired) electrons. The molecule has 0 unspecified atom stereocenters. The van der Waals surface area contributed by atoms with Gasteiger partial charge in [0.05, 0.1) is 0 Å². The Morgan fingerprint density at radius 3 is 2.79 bits per heavy atom. The van der Waals surface area contributed by atoms with Crippen molar-refractivity contribution < 1.29 is 0 Å². The van der Waals surface area contributed by atoms with E-state index in [1.807, 2.05) is 0 Å². The third kappa shape index (κ3) is 5.24. The fourth-order valence-electron chi connectivity index (χ4n) is 1.77. The molecule has 5 nitrogen and oxygen atoms in total. The van der Waals surface area contributed by atoms with Crippen molar-refractivity contribution in [1.29, 1.82) is 5.41 Å². The van der Waals surface area contributed by atoms with Gasteiger partial charge in [0.2, 0.25) is 5.95 Å². The molecule has 0 amide bonds. The second kappa shape index (κ2) is 7.71. The van der Waals surface area contributed by atoms with Crippen LogP contribution in [0, 0.1) is 11.3 Å². The van der Waals surface area contributed by atoms with Crippen LogP contribution in [-0.4, -0.2) is 22.2 Å². The summed E-state index contributed by atoms with van der Waals surface area (Å²) in [5.74, 6) is 1.51. The second-order valence-corrected chi connectivity index (χ2v) is 5.02. The molecule has 0 aliphatic rings. The molecule has 1 aromatic heterocycles. The highest BCUT2D eigenvalue weighted by atomic mass is 15.1. The molecule has 19 heavy (non-hydrogen) atoms. The predicted octanol–water partition coefficient (Wildman–Crippen LogP) is 2.88. The first-order chi connectivity index (χ1) is 9.04. The number of nitrogens with one attached hydrogen (secondary N) is 2. The zero-order valence-corrected chi connectivity index (χ0v) is 12.2. The summed E-state index contributed by atoms with van der Waals surface area (Å²) >= 11 is 0. The summed E-state index contributed by atoms with van der Waals surface area (Å²) in [5, 5.41) is 11.1. The standard InChI is InChI=1S/C14H25N5/c1-4-11-9-18-14(16)19-13(11)17-8-6-5-7-12(15)10(2)3/h9-10,15H,4-8H2,1-3H3,(H3,16,17,18,19). The van der Waals surface area contributed by atoms with Crippen molar-refractivity contribution in [3.05, 3.63) is 11.8 Å². The quantitative estimate of drug-likeness (QED) is 0.497. The average molecular weight is 263 g/mol. The summed E-state index contributed by atoms with van der Waals surface area (Å²) in [4.78, 5) is 8.21. The van der Waals surface area contributed by atoms with Gasteiger partial charge in [-0.15, -0.1) is 0 Å². The molecule has 5 heteroatoms. The summed E-state index contributed by atoms with van der Waals surface area (Å²) in [6.07, 6.45) is 5.61. The summed E-state index contributed by atoms with van der Waals surface area (Å²) < 4.78 is 0. The lowest BCUT2D eigenvalue weighted by Gasteiger charge is -2.10.